The molecular weight excluding hydrogens is 322 g/mol. The summed E-state index contributed by atoms with van der Waals surface area (Å²) < 4.78 is 15.4. The highest BCUT2D eigenvalue weighted by molar-refractivity contribution is 7.99. The number of rotatable bonds is 6. The van der Waals surface area contributed by atoms with Crippen LogP contribution in [0.25, 0.3) is 0 Å². The predicted molar refractivity (Wildman–Crippen MR) is 84.2 cm³/mol. The molecule has 7 nitrogen and oxygen atoms in total. The Balaban J connectivity index is 1.98. The molecule has 0 bridgehead atoms. The Hall–Kier alpha value is -1.54. The fourth-order valence-electron chi connectivity index (χ4n) is 2.80. The lowest BCUT2D eigenvalue weighted by Gasteiger charge is -2.44. The molecule has 23 heavy (non-hydrogen) atoms. The molecule has 0 saturated carbocycles. The van der Waals surface area contributed by atoms with E-state index in [2.05, 4.69) is 11.9 Å². The van der Waals surface area contributed by atoms with Crippen molar-refractivity contribution in [2.24, 2.45) is 5.92 Å². The number of carbonyl (C=O) groups excluding carboxylic acids is 3. The fourth-order valence-corrected chi connectivity index (χ4v) is 3.50. The van der Waals surface area contributed by atoms with Crippen LogP contribution in [-0.4, -0.2) is 60.8 Å². The van der Waals surface area contributed by atoms with Gasteiger partial charge in [0.2, 0.25) is 5.91 Å². The van der Waals surface area contributed by atoms with Crippen LogP contribution >= 0.6 is 11.8 Å². The average Bonchev–Trinajstić information content (AvgIpc) is 2.51. The van der Waals surface area contributed by atoms with Crippen LogP contribution in [0, 0.1) is 5.92 Å². The topological polar surface area (TPSA) is 90.9 Å². The molecule has 2 aliphatic heterocycles. The van der Waals surface area contributed by atoms with E-state index in [1.54, 1.807) is 6.92 Å². The molecule has 1 amide bonds. The molecule has 2 rings (SSSR count). The van der Waals surface area contributed by atoms with Crippen molar-refractivity contribution < 1.29 is 28.6 Å². The minimum Gasteiger partial charge on any atom is -0.430 e. The highest BCUT2D eigenvalue weighted by Crippen LogP contribution is 2.31. The van der Waals surface area contributed by atoms with E-state index in [0.717, 1.165) is 0 Å². The van der Waals surface area contributed by atoms with E-state index in [0.29, 0.717) is 13.0 Å². The van der Waals surface area contributed by atoms with E-state index in [-0.39, 0.29) is 23.5 Å². The minimum absolute atomic E-state index is 0.0276. The smallest absolute Gasteiger partial charge is 0.430 e. The second kappa shape index (κ2) is 7.83. The van der Waals surface area contributed by atoms with Crippen LogP contribution in [0.1, 0.15) is 13.3 Å². The summed E-state index contributed by atoms with van der Waals surface area (Å²) in [6.07, 6.45) is 1.69. The van der Waals surface area contributed by atoms with E-state index >= 15 is 0 Å². The van der Waals surface area contributed by atoms with Crippen molar-refractivity contribution in [3.63, 3.8) is 0 Å². The zero-order valence-corrected chi connectivity index (χ0v) is 14.0. The zero-order chi connectivity index (χ0) is 17.0. The quantitative estimate of drug-likeness (QED) is 0.435. The molecule has 0 spiro atoms. The molecule has 1 N–H and O–H groups in total. The number of carbonyl (C=O) groups is 3. The molecular formula is C15H21NO6S. The second-order valence-electron chi connectivity index (χ2n) is 5.44. The average molecular weight is 343 g/mol. The summed E-state index contributed by atoms with van der Waals surface area (Å²) in [5.41, 5.74) is 0. The molecule has 2 fully saturated rings. The third-order valence-electron chi connectivity index (χ3n) is 3.99. The first-order chi connectivity index (χ1) is 11.0. The van der Waals surface area contributed by atoms with Crippen molar-refractivity contribution in [1.82, 2.24) is 5.32 Å². The maximum Gasteiger partial charge on any atom is 0.508 e. The van der Waals surface area contributed by atoms with Gasteiger partial charge in [-0.05, 0) is 19.6 Å². The molecule has 8 heteroatoms. The van der Waals surface area contributed by atoms with Crippen LogP contribution in [0.4, 0.5) is 4.79 Å². The van der Waals surface area contributed by atoms with Crippen LogP contribution < -0.4 is 5.32 Å². The zero-order valence-electron chi connectivity index (χ0n) is 13.2. The Labute approximate surface area is 139 Å². The Morgan fingerprint density at radius 1 is 1.57 bits per heavy atom. The molecule has 0 radical (unpaired) electrons. The van der Waals surface area contributed by atoms with E-state index in [1.807, 2.05) is 6.26 Å². The molecule has 2 saturated heterocycles. The SMILES string of the molecule is C=CCOC(=O)O[C@H](C)[C@H]1C(=O)N[C@@H]1[C@H]1OCC[C@H](SC)C1=O. The number of Topliss-reactive ketones (excluding diaryl/α,β-unsaturated/α-hetero) is 1. The van der Waals surface area contributed by atoms with E-state index in [9.17, 15) is 14.4 Å². The first kappa shape index (κ1) is 17.8. The van der Waals surface area contributed by atoms with Gasteiger partial charge in [0.15, 0.2) is 5.78 Å². The molecule has 128 valence electrons. The van der Waals surface area contributed by atoms with Gasteiger partial charge < -0.3 is 19.5 Å². The number of ether oxygens (including phenoxy) is 3. The molecule has 0 aliphatic carbocycles. The lowest BCUT2D eigenvalue weighted by atomic mass is 9.80. The van der Waals surface area contributed by atoms with Gasteiger partial charge in [0, 0.05) is 6.61 Å². The number of β-lactam (4-membered cyclic amide) rings is 1. The van der Waals surface area contributed by atoms with Crippen molar-refractivity contribution in [1.29, 1.82) is 0 Å². The van der Waals surface area contributed by atoms with Gasteiger partial charge in [0.25, 0.3) is 0 Å². The monoisotopic (exact) mass is 343 g/mol. The Morgan fingerprint density at radius 3 is 2.91 bits per heavy atom. The molecule has 5 atom stereocenters. The van der Waals surface area contributed by atoms with Gasteiger partial charge in [0.05, 0.1) is 17.2 Å². The number of thioether (sulfide) groups is 1. The van der Waals surface area contributed by atoms with Gasteiger partial charge in [-0.2, -0.15) is 11.8 Å². The maximum atomic E-state index is 12.4. The number of nitrogens with one attached hydrogen (secondary N) is 1. The van der Waals surface area contributed by atoms with E-state index < -0.39 is 30.3 Å². The van der Waals surface area contributed by atoms with Crippen LogP contribution in [0.15, 0.2) is 12.7 Å². The first-order valence-corrected chi connectivity index (χ1v) is 8.71. The third kappa shape index (κ3) is 3.87. The van der Waals surface area contributed by atoms with Gasteiger partial charge in [0.1, 0.15) is 18.8 Å². The summed E-state index contributed by atoms with van der Waals surface area (Å²) in [4.78, 5) is 35.7. The third-order valence-corrected chi connectivity index (χ3v) is 5.03. The van der Waals surface area contributed by atoms with Gasteiger partial charge in [-0.1, -0.05) is 12.7 Å². The molecule has 0 aromatic heterocycles. The number of hydrogen-bond acceptors (Lipinski definition) is 7. The highest BCUT2D eigenvalue weighted by atomic mass is 32.2. The summed E-state index contributed by atoms with van der Waals surface area (Å²) in [6.45, 7) is 5.54. The minimum atomic E-state index is -0.867. The summed E-state index contributed by atoms with van der Waals surface area (Å²) in [6, 6.07) is -0.479. The van der Waals surface area contributed by atoms with Gasteiger partial charge in [-0.15, -0.1) is 0 Å². The van der Waals surface area contributed by atoms with Crippen LogP contribution in [0.2, 0.25) is 0 Å². The maximum absolute atomic E-state index is 12.4. The van der Waals surface area contributed by atoms with E-state index in [4.69, 9.17) is 14.2 Å². The van der Waals surface area contributed by atoms with Crippen LogP contribution in [-0.2, 0) is 23.8 Å². The van der Waals surface area contributed by atoms with Crippen molar-refractivity contribution in [2.45, 2.75) is 36.8 Å². The molecule has 2 aliphatic rings. The fraction of sp³-hybridized carbons (Fsp3) is 0.667. The van der Waals surface area contributed by atoms with Crippen molar-refractivity contribution in [3.05, 3.63) is 12.7 Å². The second-order valence-corrected chi connectivity index (χ2v) is 6.48. The van der Waals surface area contributed by atoms with E-state index in [1.165, 1.54) is 17.8 Å². The molecule has 0 aromatic carbocycles. The van der Waals surface area contributed by atoms with Gasteiger partial charge in [-0.25, -0.2) is 4.79 Å². The molecule has 2 heterocycles. The highest BCUT2D eigenvalue weighted by Gasteiger charge is 2.52. The first-order valence-electron chi connectivity index (χ1n) is 7.42. The summed E-state index contributed by atoms with van der Waals surface area (Å²) in [5.74, 6) is -0.914. The van der Waals surface area contributed by atoms with Crippen molar-refractivity contribution in [3.8, 4) is 0 Å². The number of hydrogen-bond donors (Lipinski definition) is 1. The summed E-state index contributed by atoms with van der Waals surface area (Å²) >= 11 is 1.48. The normalized spacial score (nSPS) is 31.6. The standard InChI is InChI=1S/C15H21NO6S/c1-4-6-21-15(19)22-8(2)10-11(16-14(10)18)13-12(17)9(23-3)5-7-20-13/h4,8-11,13H,1,5-7H2,2-3H3,(H,16,18)/t8-,9+,10-,11+,13-/m1/s1. The van der Waals surface area contributed by atoms with Gasteiger partial charge >= 0.3 is 6.16 Å². The summed E-state index contributed by atoms with van der Waals surface area (Å²) in [7, 11) is 0. The Bertz CT molecular complexity index is 496. The number of amides is 1. The lowest BCUT2D eigenvalue weighted by Crippen LogP contribution is -2.69. The largest absolute Gasteiger partial charge is 0.508 e. The van der Waals surface area contributed by atoms with Crippen molar-refractivity contribution >= 4 is 29.6 Å². The predicted octanol–water partition coefficient (Wildman–Crippen LogP) is 0.918. The van der Waals surface area contributed by atoms with Crippen LogP contribution in [0.3, 0.4) is 0 Å². The van der Waals surface area contributed by atoms with Crippen molar-refractivity contribution in [2.75, 3.05) is 19.5 Å². The molecule has 0 unspecified atom stereocenters. The number of ketones is 1. The lowest BCUT2D eigenvalue weighted by molar-refractivity contribution is -0.156. The Morgan fingerprint density at radius 2 is 2.30 bits per heavy atom. The van der Waals surface area contributed by atoms with Gasteiger partial charge in [-0.3, -0.25) is 9.59 Å². The summed E-state index contributed by atoms with van der Waals surface area (Å²) in [5, 5.41) is 2.57. The Kier molecular flexibility index (Phi) is 6.06. The van der Waals surface area contributed by atoms with Crippen LogP contribution in [0.5, 0.6) is 0 Å². The molecule has 0 aromatic rings.